The summed E-state index contributed by atoms with van der Waals surface area (Å²) in [6, 6.07) is 22.6. The van der Waals surface area contributed by atoms with Gasteiger partial charge in [-0.1, -0.05) is 59.6 Å². The van der Waals surface area contributed by atoms with Crippen LogP contribution >= 0.6 is 11.6 Å². The van der Waals surface area contributed by atoms with E-state index in [1.54, 1.807) is 6.08 Å². The second-order valence-electron chi connectivity index (χ2n) is 6.66. The molecule has 0 saturated carbocycles. The van der Waals surface area contributed by atoms with E-state index >= 15 is 0 Å². The molecule has 0 spiro atoms. The minimum Gasteiger partial charge on any atom is -0.488 e. The Labute approximate surface area is 174 Å². The largest absolute Gasteiger partial charge is 0.488 e. The summed E-state index contributed by atoms with van der Waals surface area (Å²) in [6.07, 6.45) is 1.68. The van der Waals surface area contributed by atoms with E-state index in [1.807, 2.05) is 79.7 Å². The topological polar surface area (TPSA) is 47.9 Å². The molecule has 0 unspecified atom stereocenters. The Kier molecular flexibility index (Phi) is 5.45. The molecule has 1 heterocycles. The molecular weight excluding hydrogens is 386 g/mol. The molecule has 144 valence electrons. The van der Waals surface area contributed by atoms with Crippen LogP contribution in [0, 0.1) is 6.92 Å². The molecule has 0 fully saturated rings. The molecule has 1 aliphatic heterocycles. The van der Waals surface area contributed by atoms with Crippen molar-refractivity contribution in [1.82, 2.24) is 0 Å². The van der Waals surface area contributed by atoms with Gasteiger partial charge in [0, 0.05) is 16.1 Å². The predicted octanol–water partition coefficient (Wildman–Crippen LogP) is 5.57. The number of benzene rings is 3. The summed E-state index contributed by atoms with van der Waals surface area (Å²) in [5.41, 5.74) is 3.88. The molecular formula is C24H18ClNO3. The fraction of sp³-hybridized carbons (Fsp3) is 0.0833. The van der Waals surface area contributed by atoms with E-state index in [2.05, 4.69) is 4.99 Å². The van der Waals surface area contributed by atoms with Crippen molar-refractivity contribution >= 4 is 29.5 Å². The van der Waals surface area contributed by atoms with Crippen LogP contribution in [0.5, 0.6) is 5.75 Å². The Bertz CT molecular complexity index is 1100. The number of aliphatic imine (C=N–C) groups is 1. The van der Waals surface area contributed by atoms with Gasteiger partial charge in [0.1, 0.15) is 12.4 Å². The van der Waals surface area contributed by atoms with Gasteiger partial charge in [-0.15, -0.1) is 0 Å². The monoisotopic (exact) mass is 403 g/mol. The van der Waals surface area contributed by atoms with Gasteiger partial charge in [-0.3, -0.25) is 0 Å². The number of para-hydroxylation sites is 1. The van der Waals surface area contributed by atoms with Crippen molar-refractivity contribution in [2.75, 3.05) is 0 Å². The highest BCUT2D eigenvalue weighted by Crippen LogP contribution is 2.25. The summed E-state index contributed by atoms with van der Waals surface area (Å²) in [6.45, 7) is 2.39. The summed E-state index contributed by atoms with van der Waals surface area (Å²) in [5.74, 6) is 0.482. The Balaban J connectivity index is 1.56. The third-order valence-corrected chi connectivity index (χ3v) is 4.69. The van der Waals surface area contributed by atoms with Crippen LogP contribution in [0.15, 0.2) is 83.5 Å². The Morgan fingerprint density at radius 3 is 2.48 bits per heavy atom. The Morgan fingerprint density at radius 2 is 1.72 bits per heavy atom. The van der Waals surface area contributed by atoms with E-state index in [0.717, 1.165) is 22.3 Å². The van der Waals surface area contributed by atoms with E-state index in [0.29, 0.717) is 23.3 Å². The highest BCUT2D eigenvalue weighted by molar-refractivity contribution is 6.30. The molecule has 0 amide bonds. The van der Waals surface area contributed by atoms with Crippen LogP contribution in [-0.2, 0) is 16.1 Å². The molecule has 4 nitrogen and oxygen atoms in total. The zero-order valence-electron chi connectivity index (χ0n) is 15.8. The maximum absolute atomic E-state index is 12.3. The van der Waals surface area contributed by atoms with Gasteiger partial charge in [0.15, 0.2) is 5.70 Å². The number of halogens is 1. The van der Waals surface area contributed by atoms with Gasteiger partial charge in [-0.2, -0.15) is 0 Å². The number of nitrogens with zero attached hydrogens (tertiary/aromatic N) is 1. The van der Waals surface area contributed by atoms with Crippen LogP contribution in [0.4, 0.5) is 0 Å². The molecule has 0 saturated heterocycles. The first-order valence-electron chi connectivity index (χ1n) is 9.14. The van der Waals surface area contributed by atoms with Crippen molar-refractivity contribution in [3.63, 3.8) is 0 Å². The van der Waals surface area contributed by atoms with Crippen molar-refractivity contribution in [3.8, 4) is 5.75 Å². The Morgan fingerprint density at radius 1 is 1.00 bits per heavy atom. The lowest BCUT2D eigenvalue weighted by molar-refractivity contribution is -0.129. The second-order valence-corrected chi connectivity index (χ2v) is 7.09. The van der Waals surface area contributed by atoms with Gasteiger partial charge in [0.05, 0.1) is 0 Å². The van der Waals surface area contributed by atoms with Gasteiger partial charge < -0.3 is 9.47 Å². The zero-order chi connectivity index (χ0) is 20.2. The number of hydrogen-bond donors (Lipinski definition) is 0. The molecule has 0 aliphatic carbocycles. The lowest BCUT2D eigenvalue weighted by Gasteiger charge is -2.09. The molecule has 0 N–H and O–H groups in total. The average molecular weight is 404 g/mol. The number of carbonyl (C=O) groups is 1. The predicted molar refractivity (Wildman–Crippen MR) is 114 cm³/mol. The smallest absolute Gasteiger partial charge is 0.363 e. The fourth-order valence-electron chi connectivity index (χ4n) is 2.85. The van der Waals surface area contributed by atoms with E-state index in [9.17, 15) is 4.79 Å². The SMILES string of the molecule is Cc1ccc(C2=N/C(=C\c3ccccc3OCc3ccc(Cl)cc3)C(=O)O2)cc1. The van der Waals surface area contributed by atoms with Crippen LogP contribution in [0.1, 0.15) is 22.3 Å². The van der Waals surface area contributed by atoms with Crippen LogP contribution in [0.3, 0.4) is 0 Å². The third-order valence-electron chi connectivity index (χ3n) is 4.44. The van der Waals surface area contributed by atoms with E-state index in [1.165, 1.54) is 0 Å². The van der Waals surface area contributed by atoms with Gasteiger partial charge in [0.25, 0.3) is 0 Å². The molecule has 5 heteroatoms. The first-order chi connectivity index (χ1) is 14.1. The highest BCUT2D eigenvalue weighted by Gasteiger charge is 2.24. The third kappa shape index (κ3) is 4.55. The van der Waals surface area contributed by atoms with Crippen LogP contribution in [0.2, 0.25) is 5.02 Å². The van der Waals surface area contributed by atoms with Crippen molar-refractivity contribution in [3.05, 3.63) is 106 Å². The van der Waals surface area contributed by atoms with Crippen LogP contribution < -0.4 is 4.74 Å². The lowest BCUT2D eigenvalue weighted by atomic mass is 10.1. The van der Waals surface area contributed by atoms with Gasteiger partial charge in [-0.25, -0.2) is 9.79 Å². The van der Waals surface area contributed by atoms with E-state index < -0.39 is 5.97 Å². The lowest BCUT2D eigenvalue weighted by Crippen LogP contribution is -2.05. The maximum Gasteiger partial charge on any atom is 0.363 e. The molecule has 0 radical (unpaired) electrons. The number of carbonyl (C=O) groups excluding carboxylic acids is 1. The molecule has 0 bridgehead atoms. The molecule has 3 aromatic rings. The second kappa shape index (κ2) is 8.33. The molecule has 1 aliphatic rings. The number of esters is 1. The summed E-state index contributed by atoms with van der Waals surface area (Å²) in [5, 5.41) is 0.681. The first kappa shape index (κ1) is 19.0. The van der Waals surface area contributed by atoms with Crippen molar-refractivity contribution in [1.29, 1.82) is 0 Å². The van der Waals surface area contributed by atoms with Crippen molar-refractivity contribution < 1.29 is 14.3 Å². The van der Waals surface area contributed by atoms with Gasteiger partial charge in [-0.05, 0) is 48.9 Å². The normalized spacial score (nSPS) is 14.6. The molecule has 4 rings (SSSR count). The summed E-state index contributed by atoms with van der Waals surface area (Å²) in [7, 11) is 0. The minimum atomic E-state index is -0.479. The quantitative estimate of drug-likeness (QED) is 0.413. The maximum atomic E-state index is 12.3. The summed E-state index contributed by atoms with van der Waals surface area (Å²) >= 11 is 5.92. The Hall–Kier alpha value is -3.37. The standard InChI is InChI=1S/C24H18ClNO3/c1-16-6-10-18(11-7-16)23-26-21(24(27)29-23)14-19-4-2-3-5-22(19)28-15-17-8-12-20(25)13-9-17/h2-14H,15H2,1H3/b21-14-. The first-order valence-corrected chi connectivity index (χ1v) is 9.52. The highest BCUT2D eigenvalue weighted by atomic mass is 35.5. The number of cyclic esters (lactones) is 1. The summed E-state index contributed by atoms with van der Waals surface area (Å²) < 4.78 is 11.3. The van der Waals surface area contributed by atoms with E-state index in [4.69, 9.17) is 21.1 Å². The number of rotatable bonds is 5. The van der Waals surface area contributed by atoms with Crippen molar-refractivity contribution in [2.45, 2.75) is 13.5 Å². The molecule has 3 aromatic carbocycles. The van der Waals surface area contributed by atoms with Crippen LogP contribution in [0.25, 0.3) is 6.08 Å². The van der Waals surface area contributed by atoms with Crippen molar-refractivity contribution in [2.24, 2.45) is 4.99 Å². The number of hydrogen-bond acceptors (Lipinski definition) is 4. The fourth-order valence-corrected chi connectivity index (χ4v) is 2.97. The summed E-state index contributed by atoms with van der Waals surface area (Å²) in [4.78, 5) is 16.7. The molecule has 0 aromatic heterocycles. The number of ether oxygens (including phenoxy) is 2. The zero-order valence-corrected chi connectivity index (χ0v) is 16.5. The minimum absolute atomic E-state index is 0.239. The average Bonchev–Trinajstić information content (AvgIpc) is 3.09. The molecule has 0 atom stereocenters. The van der Waals surface area contributed by atoms with Gasteiger partial charge in [0.2, 0.25) is 5.90 Å². The molecule has 29 heavy (non-hydrogen) atoms. The number of aryl methyl sites for hydroxylation is 1. The van der Waals surface area contributed by atoms with Crippen LogP contribution in [-0.4, -0.2) is 11.9 Å². The van der Waals surface area contributed by atoms with Gasteiger partial charge >= 0.3 is 5.97 Å². The van der Waals surface area contributed by atoms with E-state index in [-0.39, 0.29) is 5.70 Å².